The Labute approximate surface area is 198 Å². The first kappa shape index (κ1) is 21.7. The molecule has 0 saturated heterocycles. The molecule has 0 spiro atoms. The highest BCUT2D eigenvalue weighted by molar-refractivity contribution is 6.00. The Morgan fingerprint density at radius 2 is 1.62 bits per heavy atom. The number of rotatable bonds is 5. The molecule has 1 aromatic heterocycles. The maximum atomic E-state index is 12.9. The summed E-state index contributed by atoms with van der Waals surface area (Å²) >= 11 is 0. The number of urea groups is 1. The van der Waals surface area contributed by atoms with Gasteiger partial charge in [0.15, 0.2) is 0 Å². The third-order valence-electron chi connectivity index (χ3n) is 5.73. The molecule has 0 saturated carbocycles. The second-order valence-electron chi connectivity index (χ2n) is 8.74. The van der Waals surface area contributed by atoms with Gasteiger partial charge >= 0.3 is 6.03 Å². The first-order valence-corrected chi connectivity index (χ1v) is 11.1. The maximum absolute atomic E-state index is 12.9. The molecular weight excluding hydrogens is 428 g/mol. The molecule has 0 unspecified atom stereocenters. The molecule has 0 atom stereocenters. The number of carbonyl (C=O) groups is 1. The van der Waals surface area contributed by atoms with Gasteiger partial charge in [-0.15, -0.1) is 0 Å². The molecule has 7 nitrogen and oxygen atoms in total. The summed E-state index contributed by atoms with van der Waals surface area (Å²) in [6, 6.07) is 24.4. The van der Waals surface area contributed by atoms with Crippen LogP contribution in [0.4, 0.5) is 16.3 Å². The Kier molecular flexibility index (Phi) is 5.55. The van der Waals surface area contributed by atoms with E-state index in [0.29, 0.717) is 23.9 Å². The Hall–Kier alpha value is -4.10. The van der Waals surface area contributed by atoms with Crippen molar-refractivity contribution in [1.82, 2.24) is 9.78 Å². The summed E-state index contributed by atoms with van der Waals surface area (Å²) in [5.41, 5.74) is 3.85. The van der Waals surface area contributed by atoms with Crippen molar-refractivity contribution in [3.63, 3.8) is 0 Å². The molecule has 0 bridgehead atoms. The fourth-order valence-corrected chi connectivity index (χ4v) is 3.89. The van der Waals surface area contributed by atoms with Gasteiger partial charge in [-0.2, -0.15) is 5.10 Å². The second kappa shape index (κ2) is 8.68. The molecule has 2 amide bonds. The number of hydrogen-bond acceptors (Lipinski definition) is 4. The number of anilines is 2. The SMILES string of the molecule is Cc1ccc(-n2nc3c(c2NC(=O)Nc2ccc(Oc4ccccc4)cc2)COC3(C)C)cc1. The molecule has 0 radical (unpaired) electrons. The van der Waals surface area contributed by atoms with Crippen LogP contribution in [0.3, 0.4) is 0 Å². The summed E-state index contributed by atoms with van der Waals surface area (Å²) in [4.78, 5) is 12.9. The number of hydrogen-bond donors (Lipinski definition) is 2. The van der Waals surface area contributed by atoms with Gasteiger partial charge < -0.3 is 14.8 Å². The van der Waals surface area contributed by atoms with Crippen LogP contribution < -0.4 is 15.4 Å². The van der Waals surface area contributed by atoms with E-state index in [1.807, 2.05) is 87.5 Å². The van der Waals surface area contributed by atoms with E-state index < -0.39 is 5.60 Å². The van der Waals surface area contributed by atoms with Crippen molar-refractivity contribution in [3.8, 4) is 17.2 Å². The Bertz CT molecular complexity index is 1310. The lowest BCUT2D eigenvalue weighted by molar-refractivity contribution is -0.0114. The van der Waals surface area contributed by atoms with Gasteiger partial charge in [-0.3, -0.25) is 5.32 Å². The van der Waals surface area contributed by atoms with Crippen molar-refractivity contribution in [3.05, 3.63) is 95.7 Å². The van der Waals surface area contributed by atoms with Crippen molar-refractivity contribution in [2.45, 2.75) is 33.0 Å². The van der Waals surface area contributed by atoms with Crippen molar-refractivity contribution < 1.29 is 14.3 Å². The number of carbonyl (C=O) groups excluding carboxylic acids is 1. The van der Waals surface area contributed by atoms with Crippen LogP contribution in [0.25, 0.3) is 5.69 Å². The molecule has 3 aromatic carbocycles. The zero-order valence-electron chi connectivity index (χ0n) is 19.3. The molecular formula is C27H26N4O3. The van der Waals surface area contributed by atoms with E-state index in [0.717, 1.165) is 28.3 Å². The van der Waals surface area contributed by atoms with Gasteiger partial charge in [0.25, 0.3) is 0 Å². The Morgan fingerprint density at radius 1 is 0.941 bits per heavy atom. The minimum atomic E-state index is -0.521. The molecule has 2 heterocycles. The van der Waals surface area contributed by atoms with Crippen molar-refractivity contribution in [2.24, 2.45) is 0 Å². The quantitative estimate of drug-likeness (QED) is 0.367. The van der Waals surface area contributed by atoms with Crippen LogP contribution in [-0.4, -0.2) is 15.8 Å². The lowest BCUT2D eigenvalue weighted by Crippen LogP contribution is -2.22. The second-order valence-corrected chi connectivity index (χ2v) is 8.74. The lowest BCUT2D eigenvalue weighted by Gasteiger charge is -2.17. The zero-order valence-corrected chi connectivity index (χ0v) is 19.3. The first-order chi connectivity index (χ1) is 16.4. The number of benzene rings is 3. The molecule has 172 valence electrons. The van der Waals surface area contributed by atoms with Gasteiger partial charge in [-0.1, -0.05) is 35.9 Å². The van der Waals surface area contributed by atoms with Crippen LogP contribution in [0, 0.1) is 6.92 Å². The van der Waals surface area contributed by atoms with Gasteiger partial charge in [-0.05, 0) is 69.3 Å². The molecule has 4 aromatic rings. The van der Waals surface area contributed by atoms with Gasteiger partial charge in [0.2, 0.25) is 0 Å². The van der Waals surface area contributed by atoms with E-state index in [-0.39, 0.29) is 6.03 Å². The molecule has 34 heavy (non-hydrogen) atoms. The van der Waals surface area contributed by atoms with Gasteiger partial charge in [0, 0.05) is 11.3 Å². The van der Waals surface area contributed by atoms with Crippen molar-refractivity contribution >= 4 is 17.5 Å². The average Bonchev–Trinajstić information content (AvgIpc) is 3.33. The van der Waals surface area contributed by atoms with Gasteiger partial charge in [-0.25, -0.2) is 9.48 Å². The number of aryl methyl sites for hydroxylation is 1. The first-order valence-electron chi connectivity index (χ1n) is 11.1. The predicted octanol–water partition coefficient (Wildman–Crippen LogP) is 6.38. The summed E-state index contributed by atoms with van der Waals surface area (Å²) < 4.78 is 13.5. The molecule has 5 rings (SSSR count). The maximum Gasteiger partial charge on any atom is 0.324 e. The minimum Gasteiger partial charge on any atom is -0.457 e. The smallest absolute Gasteiger partial charge is 0.324 e. The topological polar surface area (TPSA) is 77.4 Å². The minimum absolute atomic E-state index is 0.363. The normalized spacial score (nSPS) is 13.9. The standard InChI is InChI=1S/C27H26N4O3/c1-18-9-13-20(14-10-18)31-25(23-17-33-27(2,3)24(23)30-31)29-26(32)28-19-11-15-22(16-12-19)34-21-7-5-4-6-8-21/h4-16H,17H2,1-3H3,(H2,28,29,32). The number of para-hydroxylation sites is 1. The summed E-state index contributed by atoms with van der Waals surface area (Å²) in [7, 11) is 0. The predicted molar refractivity (Wildman–Crippen MR) is 132 cm³/mol. The molecule has 1 aliphatic heterocycles. The largest absolute Gasteiger partial charge is 0.457 e. The van der Waals surface area contributed by atoms with Crippen molar-refractivity contribution in [1.29, 1.82) is 0 Å². The third kappa shape index (κ3) is 4.38. The molecule has 1 aliphatic rings. The zero-order chi connectivity index (χ0) is 23.7. The Balaban J connectivity index is 1.35. The summed E-state index contributed by atoms with van der Waals surface area (Å²) in [6.45, 7) is 6.38. The highest BCUT2D eigenvalue weighted by Crippen LogP contribution is 2.40. The molecule has 7 heteroatoms. The number of fused-ring (bicyclic) bond motifs is 1. The summed E-state index contributed by atoms with van der Waals surface area (Å²) in [5, 5.41) is 10.7. The van der Waals surface area contributed by atoms with Crippen LogP contribution in [0.1, 0.15) is 30.7 Å². The van der Waals surface area contributed by atoms with E-state index >= 15 is 0 Å². The van der Waals surface area contributed by atoms with E-state index in [1.165, 1.54) is 0 Å². The number of aromatic nitrogens is 2. The fraction of sp³-hybridized carbons (Fsp3) is 0.185. The van der Waals surface area contributed by atoms with Gasteiger partial charge in [0.05, 0.1) is 12.3 Å². The highest BCUT2D eigenvalue weighted by atomic mass is 16.5. The van der Waals surface area contributed by atoms with Crippen molar-refractivity contribution in [2.75, 3.05) is 10.6 Å². The van der Waals surface area contributed by atoms with E-state index in [4.69, 9.17) is 14.6 Å². The molecule has 0 aliphatic carbocycles. The van der Waals surface area contributed by atoms with E-state index in [1.54, 1.807) is 16.8 Å². The third-order valence-corrected chi connectivity index (χ3v) is 5.73. The van der Waals surface area contributed by atoms with E-state index in [9.17, 15) is 4.79 Å². The van der Waals surface area contributed by atoms with Crippen LogP contribution in [-0.2, 0) is 16.9 Å². The van der Waals surface area contributed by atoms with Crippen LogP contribution in [0.15, 0.2) is 78.9 Å². The van der Waals surface area contributed by atoms with Crippen LogP contribution in [0.2, 0.25) is 0 Å². The number of ether oxygens (including phenoxy) is 2. The number of nitrogens with one attached hydrogen (secondary N) is 2. The Morgan fingerprint density at radius 3 is 2.32 bits per heavy atom. The van der Waals surface area contributed by atoms with E-state index in [2.05, 4.69) is 10.6 Å². The van der Waals surface area contributed by atoms with Crippen LogP contribution in [0.5, 0.6) is 11.5 Å². The number of amides is 2. The van der Waals surface area contributed by atoms with Crippen LogP contribution >= 0.6 is 0 Å². The summed E-state index contributed by atoms with van der Waals surface area (Å²) in [5.74, 6) is 2.04. The molecule has 2 N–H and O–H groups in total. The number of nitrogens with zero attached hydrogens (tertiary/aromatic N) is 2. The summed E-state index contributed by atoms with van der Waals surface area (Å²) in [6.07, 6.45) is 0. The average molecular weight is 455 g/mol. The molecule has 0 fully saturated rings. The fourth-order valence-electron chi connectivity index (χ4n) is 3.89. The van der Waals surface area contributed by atoms with Gasteiger partial charge in [0.1, 0.15) is 28.6 Å². The highest BCUT2D eigenvalue weighted by Gasteiger charge is 2.38. The lowest BCUT2D eigenvalue weighted by atomic mass is 10.0. The monoisotopic (exact) mass is 454 g/mol.